The van der Waals surface area contributed by atoms with E-state index in [0.717, 1.165) is 5.56 Å². The van der Waals surface area contributed by atoms with Crippen LogP contribution in [0.25, 0.3) is 0 Å². The van der Waals surface area contributed by atoms with Crippen LogP contribution >= 0.6 is 58.6 Å². The van der Waals surface area contributed by atoms with Crippen molar-refractivity contribution < 1.29 is 4.79 Å². The summed E-state index contributed by atoms with van der Waals surface area (Å²) in [5, 5.41) is 9.03. The number of aryl methyl sites for hydroxylation is 1. The Hall–Kier alpha value is -1.24. The minimum Gasteiger partial charge on any atom is -0.339 e. The number of hydrogen-bond donors (Lipinski definition) is 3. The monoisotopic (exact) mass is 449 g/mol. The molecule has 2 rings (SSSR count). The van der Waals surface area contributed by atoms with Gasteiger partial charge in [0, 0.05) is 16.3 Å². The summed E-state index contributed by atoms with van der Waals surface area (Å²) in [7, 11) is 0. The SMILES string of the molecule is Cc1ccc(C(=O)N[C@@H](NC(=S)Nc2cccc(Cl)c2)C(Cl)(Cl)Cl)cc1. The molecule has 0 saturated carbocycles. The maximum absolute atomic E-state index is 12.4. The van der Waals surface area contributed by atoms with Gasteiger partial charge < -0.3 is 16.0 Å². The van der Waals surface area contributed by atoms with Crippen molar-refractivity contribution >= 4 is 75.3 Å². The fourth-order valence-electron chi connectivity index (χ4n) is 1.98. The number of hydrogen-bond acceptors (Lipinski definition) is 2. The van der Waals surface area contributed by atoms with Gasteiger partial charge >= 0.3 is 0 Å². The number of alkyl halides is 3. The topological polar surface area (TPSA) is 53.2 Å². The number of benzene rings is 2. The van der Waals surface area contributed by atoms with E-state index in [9.17, 15) is 4.79 Å². The van der Waals surface area contributed by atoms with Gasteiger partial charge in [0.05, 0.1) is 0 Å². The van der Waals surface area contributed by atoms with Crippen molar-refractivity contribution in [3.63, 3.8) is 0 Å². The first kappa shape index (κ1) is 21.1. The van der Waals surface area contributed by atoms with Crippen molar-refractivity contribution in [2.45, 2.75) is 16.9 Å². The fourth-order valence-corrected chi connectivity index (χ4v) is 2.74. The van der Waals surface area contributed by atoms with Crippen LogP contribution in [-0.4, -0.2) is 21.0 Å². The van der Waals surface area contributed by atoms with Crippen LogP contribution in [0.15, 0.2) is 48.5 Å². The molecular formula is C17H15Cl4N3OS. The summed E-state index contributed by atoms with van der Waals surface area (Å²) in [5.41, 5.74) is 2.12. The number of rotatable bonds is 4. The first-order valence-electron chi connectivity index (χ1n) is 7.42. The number of amides is 1. The lowest BCUT2D eigenvalue weighted by Crippen LogP contribution is -2.56. The van der Waals surface area contributed by atoms with Crippen LogP contribution in [0.5, 0.6) is 0 Å². The zero-order chi connectivity index (χ0) is 19.3. The molecule has 4 nitrogen and oxygen atoms in total. The summed E-state index contributed by atoms with van der Waals surface area (Å²) in [4.78, 5) is 12.4. The molecule has 0 aliphatic heterocycles. The highest BCUT2D eigenvalue weighted by molar-refractivity contribution is 7.80. The Morgan fingerprint density at radius 1 is 1.08 bits per heavy atom. The molecule has 0 unspecified atom stereocenters. The standard InChI is InChI=1S/C17H15Cl4N3OS/c1-10-5-7-11(8-6-10)14(25)23-15(17(19,20)21)24-16(26)22-13-4-2-3-12(18)9-13/h2-9,15H,1H3,(H,23,25)(H2,22,24,26)/t15-/m0/s1. The minimum atomic E-state index is -1.83. The first-order chi connectivity index (χ1) is 12.1. The molecule has 1 atom stereocenters. The van der Waals surface area contributed by atoms with Gasteiger partial charge in [-0.1, -0.05) is 70.2 Å². The van der Waals surface area contributed by atoms with Crippen LogP contribution in [0.2, 0.25) is 5.02 Å². The Morgan fingerprint density at radius 2 is 1.73 bits per heavy atom. The maximum atomic E-state index is 12.4. The molecule has 138 valence electrons. The largest absolute Gasteiger partial charge is 0.339 e. The molecular weight excluding hydrogens is 436 g/mol. The van der Waals surface area contributed by atoms with Gasteiger partial charge in [-0.15, -0.1) is 0 Å². The molecule has 0 fully saturated rings. The van der Waals surface area contributed by atoms with Crippen LogP contribution in [0.4, 0.5) is 5.69 Å². The lowest BCUT2D eigenvalue weighted by atomic mass is 10.1. The zero-order valence-electron chi connectivity index (χ0n) is 13.5. The summed E-state index contributed by atoms with van der Waals surface area (Å²) in [6.45, 7) is 1.92. The first-order valence-corrected chi connectivity index (χ1v) is 9.34. The predicted molar refractivity (Wildman–Crippen MR) is 114 cm³/mol. The van der Waals surface area contributed by atoms with E-state index in [1.165, 1.54) is 0 Å². The molecule has 0 spiro atoms. The van der Waals surface area contributed by atoms with E-state index in [1.807, 2.05) is 19.1 Å². The molecule has 0 bridgehead atoms. The molecule has 0 aliphatic carbocycles. The van der Waals surface area contributed by atoms with Crippen molar-refractivity contribution in [2.75, 3.05) is 5.32 Å². The highest BCUT2D eigenvalue weighted by Gasteiger charge is 2.34. The molecule has 0 radical (unpaired) electrons. The van der Waals surface area contributed by atoms with Gasteiger partial charge in [-0.05, 0) is 49.5 Å². The number of halogens is 4. The molecule has 1 amide bonds. The van der Waals surface area contributed by atoms with E-state index >= 15 is 0 Å². The second-order valence-electron chi connectivity index (χ2n) is 5.42. The van der Waals surface area contributed by atoms with Gasteiger partial charge in [0.15, 0.2) is 5.11 Å². The molecule has 26 heavy (non-hydrogen) atoms. The van der Waals surface area contributed by atoms with Crippen molar-refractivity contribution in [1.82, 2.24) is 10.6 Å². The van der Waals surface area contributed by atoms with Crippen molar-refractivity contribution in [3.8, 4) is 0 Å². The highest BCUT2D eigenvalue weighted by Crippen LogP contribution is 2.29. The van der Waals surface area contributed by atoms with Crippen LogP contribution < -0.4 is 16.0 Å². The van der Waals surface area contributed by atoms with Gasteiger partial charge in [0.25, 0.3) is 5.91 Å². The molecule has 2 aromatic rings. The third-order valence-electron chi connectivity index (χ3n) is 3.27. The Bertz CT molecular complexity index is 793. The van der Waals surface area contributed by atoms with Crippen molar-refractivity contribution in [1.29, 1.82) is 0 Å². The van der Waals surface area contributed by atoms with Crippen LogP contribution in [-0.2, 0) is 0 Å². The van der Waals surface area contributed by atoms with Gasteiger partial charge in [0.2, 0.25) is 3.79 Å². The normalized spacial score (nSPS) is 12.2. The van der Waals surface area contributed by atoms with Gasteiger partial charge in [-0.3, -0.25) is 4.79 Å². The Balaban J connectivity index is 2.06. The summed E-state index contributed by atoms with van der Waals surface area (Å²) < 4.78 is -1.83. The second kappa shape index (κ2) is 9.11. The van der Waals surface area contributed by atoms with Crippen molar-refractivity contribution in [2.24, 2.45) is 0 Å². The molecule has 0 saturated heterocycles. The summed E-state index contributed by atoms with van der Waals surface area (Å²) in [6, 6.07) is 14.0. The van der Waals surface area contributed by atoms with E-state index in [0.29, 0.717) is 16.3 Å². The van der Waals surface area contributed by atoms with Crippen molar-refractivity contribution in [3.05, 3.63) is 64.7 Å². The predicted octanol–water partition coefficient (Wildman–Crippen LogP) is 5.06. The van der Waals surface area contributed by atoms with E-state index in [4.69, 9.17) is 58.6 Å². The fraction of sp³-hybridized carbons (Fsp3) is 0.176. The Labute approximate surface area is 177 Å². The van der Waals surface area contributed by atoms with E-state index in [1.54, 1.807) is 36.4 Å². The molecule has 9 heteroatoms. The molecule has 3 N–H and O–H groups in total. The lowest BCUT2D eigenvalue weighted by Gasteiger charge is -2.27. The number of anilines is 1. The zero-order valence-corrected chi connectivity index (χ0v) is 17.4. The number of nitrogens with one attached hydrogen (secondary N) is 3. The third-order valence-corrected chi connectivity index (χ3v) is 4.38. The van der Waals surface area contributed by atoms with Gasteiger partial charge in [-0.25, -0.2) is 0 Å². The third kappa shape index (κ3) is 6.49. The second-order valence-corrected chi connectivity index (χ2v) is 8.64. The van der Waals surface area contributed by atoms with E-state index in [2.05, 4.69) is 16.0 Å². The maximum Gasteiger partial charge on any atom is 0.252 e. The van der Waals surface area contributed by atoms with Crippen LogP contribution in [0.1, 0.15) is 15.9 Å². The Kier molecular flexibility index (Phi) is 7.38. The number of thiocarbonyl (C=S) groups is 1. The molecule has 0 heterocycles. The number of carbonyl (C=O) groups excluding carboxylic acids is 1. The summed E-state index contributed by atoms with van der Waals surface area (Å²) in [5.74, 6) is -0.403. The van der Waals surface area contributed by atoms with Crippen LogP contribution in [0, 0.1) is 6.92 Å². The summed E-state index contributed by atoms with van der Waals surface area (Å²) in [6.07, 6.45) is -1.06. The minimum absolute atomic E-state index is 0.160. The summed E-state index contributed by atoms with van der Waals surface area (Å²) >= 11 is 29.1. The molecule has 0 aromatic heterocycles. The van der Waals surface area contributed by atoms with E-state index in [-0.39, 0.29) is 5.11 Å². The van der Waals surface area contributed by atoms with E-state index < -0.39 is 15.9 Å². The average Bonchev–Trinajstić information content (AvgIpc) is 2.53. The lowest BCUT2D eigenvalue weighted by molar-refractivity contribution is 0.0934. The highest BCUT2D eigenvalue weighted by atomic mass is 35.6. The van der Waals surface area contributed by atoms with Gasteiger partial charge in [-0.2, -0.15) is 0 Å². The quantitative estimate of drug-likeness (QED) is 0.346. The van der Waals surface area contributed by atoms with Gasteiger partial charge in [0.1, 0.15) is 6.17 Å². The smallest absolute Gasteiger partial charge is 0.252 e. The molecule has 0 aliphatic rings. The molecule has 2 aromatic carbocycles. The Morgan fingerprint density at radius 3 is 2.31 bits per heavy atom. The van der Waals surface area contributed by atoms with Crippen LogP contribution in [0.3, 0.4) is 0 Å². The average molecular weight is 451 g/mol. The number of carbonyl (C=O) groups is 1.